The summed E-state index contributed by atoms with van der Waals surface area (Å²) in [4.78, 5) is 0. The largest absolute Gasteiger partial charge is 0.804 e. The highest BCUT2D eigenvalue weighted by Crippen LogP contribution is 1.92. The number of aliphatic hydroxyl groups is 1. The van der Waals surface area contributed by atoms with Crippen LogP contribution in [0.15, 0.2) is 0 Å². The predicted octanol–water partition coefficient (Wildman–Crippen LogP) is -1.63. The molecule has 0 aliphatic rings. The lowest BCUT2D eigenvalue weighted by Gasteiger charge is -2.37. The molecule has 0 heterocycles. The van der Waals surface area contributed by atoms with E-state index < -0.39 is 6.23 Å². The number of quaternary nitrogens is 1. The van der Waals surface area contributed by atoms with E-state index in [9.17, 15) is 5.11 Å². The Hall–Kier alpha value is -0.120. The van der Waals surface area contributed by atoms with Gasteiger partial charge < -0.3 is 14.7 Å². The summed E-state index contributed by atoms with van der Waals surface area (Å²) in [5.74, 6) is 0. The van der Waals surface area contributed by atoms with Crippen molar-refractivity contribution in [1.29, 1.82) is 0 Å². The zero-order chi connectivity index (χ0) is 6.78. The molecule has 1 atom stereocenters. The number of likely N-dealkylation sites (N-methyl/N-ethyl adjacent to an activating group) is 1. The maximum absolute atomic E-state index is 10.6. The first-order chi connectivity index (χ1) is 3.48. The standard InChI is InChI=1S/C5H13NO2/c1-6(2,3)5(8)4-7/h5,7H,4H2,1-3H3. The van der Waals surface area contributed by atoms with Crippen molar-refractivity contribution in [3.8, 4) is 0 Å². The van der Waals surface area contributed by atoms with Gasteiger partial charge in [0.1, 0.15) is 0 Å². The van der Waals surface area contributed by atoms with E-state index in [2.05, 4.69) is 0 Å². The van der Waals surface area contributed by atoms with Crippen molar-refractivity contribution in [1.82, 2.24) is 0 Å². The fourth-order valence-corrected chi connectivity index (χ4v) is 0.245. The molecular formula is C5H13NO2. The smallest absolute Gasteiger partial charge is 0.0803 e. The molecule has 50 valence electrons. The maximum Gasteiger partial charge on any atom is 0.0803 e. The van der Waals surface area contributed by atoms with Gasteiger partial charge in [-0.05, 0) is 0 Å². The third kappa shape index (κ3) is 2.26. The van der Waals surface area contributed by atoms with Gasteiger partial charge >= 0.3 is 0 Å². The Bertz CT molecular complexity index is 67.3. The average Bonchev–Trinajstić information content (AvgIpc) is 1.62. The monoisotopic (exact) mass is 119 g/mol. The molecule has 0 fully saturated rings. The zero-order valence-corrected chi connectivity index (χ0v) is 5.59. The van der Waals surface area contributed by atoms with Crippen LogP contribution in [0.1, 0.15) is 0 Å². The minimum Gasteiger partial charge on any atom is -0.804 e. The van der Waals surface area contributed by atoms with E-state index in [0.717, 1.165) is 0 Å². The van der Waals surface area contributed by atoms with Gasteiger partial charge in [0.15, 0.2) is 0 Å². The van der Waals surface area contributed by atoms with Crippen LogP contribution in [0, 0.1) is 0 Å². The van der Waals surface area contributed by atoms with Gasteiger partial charge in [-0.3, -0.25) is 0 Å². The first-order valence-corrected chi connectivity index (χ1v) is 2.56. The second-order valence-corrected chi connectivity index (χ2v) is 2.75. The van der Waals surface area contributed by atoms with Gasteiger partial charge in [0.25, 0.3) is 0 Å². The van der Waals surface area contributed by atoms with Crippen LogP contribution >= 0.6 is 0 Å². The fraction of sp³-hybridized carbons (Fsp3) is 1.00. The normalized spacial score (nSPS) is 16.1. The summed E-state index contributed by atoms with van der Waals surface area (Å²) in [5.41, 5.74) is 0. The third-order valence-corrected chi connectivity index (χ3v) is 1.02. The van der Waals surface area contributed by atoms with E-state index in [-0.39, 0.29) is 11.1 Å². The molecule has 0 aliphatic carbocycles. The average molecular weight is 119 g/mol. The molecule has 0 aliphatic heterocycles. The minimum atomic E-state index is -0.907. The van der Waals surface area contributed by atoms with Crippen molar-refractivity contribution < 1.29 is 14.7 Å². The van der Waals surface area contributed by atoms with Crippen LogP contribution < -0.4 is 5.11 Å². The van der Waals surface area contributed by atoms with E-state index in [0.29, 0.717) is 0 Å². The van der Waals surface area contributed by atoms with Gasteiger partial charge in [-0.1, -0.05) is 0 Å². The highest BCUT2D eigenvalue weighted by molar-refractivity contribution is 4.27. The van der Waals surface area contributed by atoms with E-state index in [4.69, 9.17) is 5.11 Å². The summed E-state index contributed by atoms with van der Waals surface area (Å²) >= 11 is 0. The molecule has 0 saturated heterocycles. The van der Waals surface area contributed by atoms with Crippen LogP contribution in [-0.2, 0) is 0 Å². The van der Waals surface area contributed by atoms with Gasteiger partial charge in [0, 0.05) is 6.23 Å². The Balaban J connectivity index is 3.62. The second kappa shape index (κ2) is 2.44. The Morgan fingerprint density at radius 1 is 1.50 bits per heavy atom. The predicted molar refractivity (Wildman–Crippen MR) is 28.9 cm³/mol. The highest BCUT2D eigenvalue weighted by Gasteiger charge is 2.09. The lowest BCUT2D eigenvalue weighted by atomic mass is 10.5. The third-order valence-electron chi connectivity index (χ3n) is 1.02. The molecule has 0 radical (unpaired) electrons. The first kappa shape index (κ1) is 7.88. The Labute approximate surface area is 49.8 Å². The van der Waals surface area contributed by atoms with Crippen molar-refractivity contribution in [2.75, 3.05) is 27.7 Å². The van der Waals surface area contributed by atoms with Crippen LogP contribution in [0.3, 0.4) is 0 Å². The molecular weight excluding hydrogens is 106 g/mol. The SMILES string of the molecule is C[N+](C)(C)C([O-])CO. The molecule has 1 unspecified atom stereocenters. The fourth-order valence-electron chi connectivity index (χ4n) is 0.245. The maximum atomic E-state index is 10.6. The zero-order valence-electron chi connectivity index (χ0n) is 5.59. The highest BCUT2D eigenvalue weighted by atomic mass is 16.3. The Kier molecular flexibility index (Phi) is 2.40. The lowest BCUT2D eigenvalue weighted by molar-refractivity contribution is -0.969. The van der Waals surface area contributed by atoms with Gasteiger partial charge in [-0.2, -0.15) is 0 Å². The van der Waals surface area contributed by atoms with E-state index in [1.807, 2.05) is 0 Å². The van der Waals surface area contributed by atoms with Crippen LogP contribution in [0.5, 0.6) is 0 Å². The van der Waals surface area contributed by atoms with Crippen molar-refractivity contribution in [2.24, 2.45) is 0 Å². The minimum absolute atomic E-state index is 0.274. The molecule has 3 nitrogen and oxygen atoms in total. The van der Waals surface area contributed by atoms with Crippen LogP contribution in [0.25, 0.3) is 0 Å². The van der Waals surface area contributed by atoms with Gasteiger partial charge in [-0.15, -0.1) is 0 Å². The van der Waals surface area contributed by atoms with Crippen molar-refractivity contribution in [3.63, 3.8) is 0 Å². The molecule has 8 heavy (non-hydrogen) atoms. The first-order valence-electron chi connectivity index (χ1n) is 2.56. The molecule has 0 aromatic carbocycles. The second-order valence-electron chi connectivity index (χ2n) is 2.75. The molecule has 0 aromatic heterocycles. The van der Waals surface area contributed by atoms with Crippen LogP contribution in [-0.4, -0.2) is 43.6 Å². The van der Waals surface area contributed by atoms with E-state index >= 15 is 0 Å². The van der Waals surface area contributed by atoms with Crippen LogP contribution in [0.4, 0.5) is 0 Å². The molecule has 0 aromatic rings. The van der Waals surface area contributed by atoms with Crippen molar-refractivity contribution in [3.05, 3.63) is 0 Å². The Morgan fingerprint density at radius 2 is 1.88 bits per heavy atom. The number of rotatable bonds is 2. The quantitative estimate of drug-likeness (QED) is 0.350. The number of aliphatic hydroxyl groups excluding tert-OH is 1. The summed E-state index contributed by atoms with van der Waals surface area (Å²) in [6, 6.07) is 0. The molecule has 0 saturated carbocycles. The van der Waals surface area contributed by atoms with Gasteiger partial charge in [-0.25, -0.2) is 0 Å². The number of nitrogens with zero attached hydrogens (tertiary/aromatic N) is 1. The Morgan fingerprint density at radius 3 is 1.88 bits per heavy atom. The lowest BCUT2D eigenvalue weighted by Crippen LogP contribution is -2.55. The van der Waals surface area contributed by atoms with E-state index in [1.54, 1.807) is 21.1 Å². The summed E-state index contributed by atoms with van der Waals surface area (Å²) < 4.78 is 0.274. The number of hydrogen-bond acceptors (Lipinski definition) is 2. The summed E-state index contributed by atoms with van der Waals surface area (Å²) in [6.07, 6.45) is -0.907. The van der Waals surface area contributed by atoms with Crippen LogP contribution in [0.2, 0.25) is 0 Å². The van der Waals surface area contributed by atoms with Gasteiger partial charge in [0.05, 0.1) is 27.7 Å². The number of hydrogen-bond donors (Lipinski definition) is 1. The summed E-state index contributed by atoms with van der Waals surface area (Å²) in [6.45, 7) is -0.288. The molecule has 0 rings (SSSR count). The molecule has 3 heteroatoms. The van der Waals surface area contributed by atoms with E-state index in [1.165, 1.54) is 0 Å². The van der Waals surface area contributed by atoms with Crippen molar-refractivity contribution in [2.45, 2.75) is 6.23 Å². The molecule has 0 amide bonds. The molecule has 0 spiro atoms. The topological polar surface area (TPSA) is 43.3 Å². The molecule has 0 bridgehead atoms. The van der Waals surface area contributed by atoms with Crippen molar-refractivity contribution >= 4 is 0 Å². The summed E-state index contributed by atoms with van der Waals surface area (Å²) in [7, 11) is 5.27. The molecule has 1 N–H and O–H groups in total. The van der Waals surface area contributed by atoms with Gasteiger partial charge in [0.2, 0.25) is 0 Å². The summed E-state index contributed by atoms with van der Waals surface area (Å²) in [5, 5.41) is 19.0.